The van der Waals surface area contributed by atoms with E-state index in [1.807, 2.05) is 60.7 Å². The van der Waals surface area contributed by atoms with Gasteiger partial charge in [-0.3, -0.25) is 4.79 Å². The SMILES string of the molecule is C=CC(=O)N(Cc1ccccc1)c1ccccc1. The average Bonchev–Trinajstić information content (AvgIpc) is 2.46. The monoisotopic (exact) mass is 237 g/mol. The van der Waals surface area contributed by atoms with Crippen molar-refractivity contribution in [2.75, 3.05) is 4.90 Å². The second-order valence-electron chi connectivity index (χ2n) is 3.95. The Kier molecular flexibility index (Phi) is 3.92. The molecule has 0 fully saturated rings. The van der Waals surface area contributed by atoms with Crippen molar-refractivity contribution in [2.45, 2.75) is 6.54 Å². The summed E-state index contributed by atoms with van der Waals surface area (Å²) in [7, 11) is 0. The van der Waals surface area contributed by atoms with Gasteiger partial charge in [0.15, 0.2) is 0 Å². The fourth-order valence-electron chi connectivity index (χ4n) is 1.78. The van der Waals surface area contributed by atoms with Crippen LogP contribution < -0.4 is 4.90 Å². The fraction of sp³-hybridized carbons (Fsp3) is 0.0625. The Hall–Kier alpha value is -2.35. The molecule has 90 valence electrons. The second-order valence-corrected chi connectivity index (χ2v) is 3.95. The van der Waals surface area contributed by atoms with Gasteiger partial charge in [-0.1, -0.05) is 55.1 Å². The summed E-state index contributed by atoms with van der Waals surface area (Å²) < 4.78 is 0. The van der Waals surface area contributed by atoms with E-state index in [0.717, 1.165) is 11.3 Å². The maximum Gasteiger partial charge on any atom is 0.250 e. The van der Waals surface area contributed by atoms with Gasteiger partial charge in [0.1, 0.15) is 0 Å². The Bertz CT molecular complexity index is 519. The molecule has 0 radical (unpaired) electrons. The van der Waals surface area contributed by atoms with E-state index in [0.29, 0.717) is 6.54 Å². The molecule has 0 aromatic heterocycles. The molecule has 2 rings (SSSR count). The summed E-state index contributed by atoms with van der Waals surface area (Å²) in [6.07, 6.45) is 1.34. The third-order valence-corrected chi connectivity index (χ3v) is 2.69. The number of anilines is 1. The van der Waals surface area contributed by atoms with Crippen molar-refractivity contribution in [3.8, 4) is 0 Å². The van der Waals surface area contributed by atoms with Crippen LogP contribution in [0.25, 0.3) is 0 Å². The van der Waals surface area contributed by atoms with Gasteiger partial charge in [0.25, 0.3) is 5.91 Å². The topological polar surface area (TPSA) is 20.3 Å². The molecule has 0 aliphatic heterocycles. The van der Waals surface area contributed by atoms with Gasteiger partial charge in [-0.25, -0.2) is 0 Å². The lowest BCUT2D eigenvalue weighted by Crippen LogP contribution is -2.28. The van der Waals surface area contributed by atoms with Crippen LogP contribution in [0.5, 0.6) is 0 Å². The number of carbonyl (C=O) groups is 1. The molecule has 2 aromatic carbocycles. The smallest absolute Gasteiger partial charge is 0.250 e. The molecule has 0 N–H and O–H groups in total. The first-order valence-corrected chi connectivity index (χ1v) is 5.84. The first-order valence-electron chi connectivity index (χ1n) is 5.84. The maximum absolute atomic E-state index is 11.9. The highest BCUT2D eigenvalue weighted by molar-refractivity contribution is 6.00. The van der Waals surface area contributed by atoms with Gasteiger partial charge < -0.3 is 4.90 Å². The summed E-state index contributed by atoms with van der Waals surface area (Å²) in [6.45, 7) is 4.11. The van der Waals surface area contributed by atoms with Gasteiger partial charge in [0.05, 0.1) is 6.54 Å². The quantitative estimate of drug-likeness (QED) is 0.746. The van der Waals surface area contributed by atoms with Crippen molar-refractivity contribution in [3.63, 3.8) is 0 Å². The summed E-state index contributed by atoms with van der Waals surface area (Å²) in [6, 6.07) is 19.5. The van der Waals surface area contributed by atoms with Gasteiger partial charge in [-0.2, -0.15) is 0 Å². The molecule has 0 atom stereocenters. The highest BCUT2D eigenvalue weighted by Gasteiger charge is 2.12. The molecule has 0 aliphatic carbocycles. The lowest BCUT2D eigenvalue weighted by molar-refractivity contribution is -0.114. The normalized spacial score (nSPS) is 9.78. The van der Waals surface area contributed by atoms with E-state index in [2.05, 4.69) is 6.58 Å². The highest BCUT2D eigenvalue weighted by Crippen LogP contribution is 2.17. The van der Waals surface area contributed by atoms with E-state index in [1.165, 1.54) is 6.08 Å². The predicted octanol–water partition coefficient (Wildman–Crippen LogP) is 3.41. The van der Waals surface area contributed by atoms with Crippen LogP contribution >= 0.6 is 0 Å². The summed E-state index contributed by atoms with van der Waals surface area (Å²) in [5.41, 5.74) is 1.97. The van der Waals surface area contributed by atoms with Crippen LogP contribution in [0, 0.1) is 0 Å². The lowest BCUT2D eigenvalue weighted by Gasteiger charge is -2.21. The minimum absolute atomic E-state index is 0.0925. The molecular formula is C16H15NO. The van der Waals surface area contributed by atoms with Crippen molar-refractivity contribution < 1.29 is 4.79 Å². The first-order chi connectivity index (χ1) is 8.81. The number of nitrogens with zero attached hydrogens (tertiary/aromatic N) is 1. The Morgan fingerprint density at radius 2 is 1.56 bits per heavy atom. The van der Waals surface area contributed by atoms with Crippen molar-refractivity contribution in [1.29, 1.82) is 0 Å². The minimum atomic E-state index is -0.0925. The molecule has 0 spiro atoms. The van der Waals surface area contributed by atoms with Crippen LogP contribution in [-0.4, -0.2) is 5.91 Å². The molecule has 2 heteroatoms. The van der Waals surface area contributed by atoms with Crippen molar-refractivity contribution in [3.05, 3.63) is 78.9 Å². The number of benzene rings is 2. The van der Waals surface area contributed by atoms with Gasteiger partial charge in [0.2, 0.25) is 0 Å². The summed E-state index contributed by atoms with van der Waals surface area (Å²) in [5, 5.41) is 0. The largest absolute Gasteiger partial charge is 0.304 e. The van der Waals surface area contributed by atoms with Gasteiger partial charge in [0, 0.05) is 5.69 Å². The summed E-state index contributed by atoms with van der Waals surface area (Å²) in [4.78, 5) is 13.6. The van der Waals surface area contributed by atoms with Crippen molar-refractivity contribution in [2.24, 2.45) is 0 Å². The highest BCUT2D eigenvalue weighted by atomic mass is 16.2. The molecule has 18 heavy (non-hydrogen) atoms. The third kappa shape index (κ3) is 2.86. The summed E-state index contributed by atoms with van der Waals surface area (Å²) >= 11 is 0. The van der Waals surface area contributed by atoms with Crippen LogP contribution in [0.4, 0.5) is 5.69 Å². The molecule has 2 aromatic rings. The van der Waals surface area contributed by atoms with Gasteiger partial charge >= 0.3 is 0 Å². The van der Waals surface area contributed by atoms with Crippen LogP contribution in [-0.2, 0) is 11.3 Å². The number of amides is 1. The molecular weight excluding hydrogens is 222 g/mol. The fourth-order valence-corrected chi connectivity index (χ4v) is 1.78. The Morgan fingerprint density at radius 1 is 1.00 bits per heavy atom. The number of hydrogen-bond acceptors (Lipinski definition) is 1. The average molecular weight is 237 g/mol. The minimum Gasteiger partial charge on any atom is -0.304 e. The maximum atomic E-state index is 11.9. The van der Waals surface area contributed by atoms with E-state index < -0.39 is 0 Å². The molecule has 0 aliphatic rings. The van der Waals surface area contributed by atoms with Crippen LogP contribution in [0.15, 0.2) is 73.3 Å². The number of hydrogen-bond donors (Lipinski definition) is 0. The Morgan fingerprint density at radius 3 is 2.11 bits per heavy atom. The van der Waals surface area contributed by atoms with Crippen LogP contribution in [0.3, 0.4) is 0 Å². The standard InChI is InChI=1S/C16H15NO/c1-2-16(18)17(15-11-7-4-8-12-15)13-14-9-5-3-6-10-14/h2-12H,1,13H2. The zero-order chi connectivity index (χ0) is 12.8. The molecule has 2 nitrogen and oxygen atoms in total. The predicted molar refractivity (Wildman–Crippen MR) is 74.3 cm³/mol. The molecule has 0 saturated carbocycles. The zero-order valence-electron chi connectivity index (χ0n) is 10.1. The van der Waals surface area contributed by atoms with Crippen LogP contribution in [0.1, 0.15) is 5.56 Å². The van der Waals surface area contributed by atoms with Gasteiger partial charge in [-0.05, 0) is 23.8 Å². The van der Waals surface area contributed by atoms with E-state index in [4.69, 9.17) is 0 Å². The molecule has 0 bridgehead atoms. The molecule has 0 saturated heterocycles. The molecule has 0 unspecified atom stereocenters. The first kappa shape index (κ1) is 12.1. The van der Waals surface area contributed by atoms with E-state index in [9.17, 15) is 4.79 Å². The van der Waals surface area contributed by atoms with Crippen molar-refractivity contribution >= 4 is 11.6 Å². The lowest BCUT2D eigenvalue weighted by atomic mass is 10.2. The van der Waals surface area contributed by atoms with Crippen LogP contribution in [0.2, 0.25) is 0 Å². The number of para-hydroxylation sites is 1. The van der Waals surface area contributed by atoms with E-state index in [1.54, 1.807) is 4.90 Å². The molecule has 0 heterocycles. The molecule has 1 amide bonds. The third-order valence-electron chi connectivity index (χ3n) is 2.69. The van der Waals surface area contributed by atoms with Gasteiger partial charge in [-0.15, -0.1) is 0 Å². The summed E-state index contributed by atoms with van der Waals surface area (Å²) in [5.74, 6) is -0.0925. The Balaban J connectivity index is 2.27. The second kappa shape index (κ2) is 5.82. The Labute approximate surface area is 107 Å². The zero-order valence-corrected chi connectivity index (χ0v) is 10.1. The number of carbonyl (C=O) groups excluding carboxylic acids is 1. The van der Waals surface area contributed by atoms with E-state index in [-0.39, 0.29) is 5.91 Å². The van der Waals surface area contributed by atoms with Crippen molar-refractivity contribution in [1.82, 2.24) is 0 Å². The van der Waals surface area contributed by atoms with E-state index >= 15 is 0 Å². The number of rotatable bonds is 4.